The number of nitrogens with one attached hydrogen (secondary N) is 1. The van der Waals surface area contributed by atoms with Crippen molar-refractivity contribution < 1.29 is 28.3 Å². The molecule has 4 rings (SSSR count). The molecule has 3 aromatic rings. The summed E-state index contributed by atoms with van der Waals surface area (Å²) < 4.78 is 21.3. The molecule has 0 bridgehead atoms. The lowest BCUT2D eigenvalue weighted by Gasteiger charge is -2.05. The van der Waals surface area contributed by atoms with E-state index < -0.39 is 10.8 Å². The van der Waals surface area contributed by atoms with E-state index in [2.05, 4.69) is 10.5 Å². The van der Waals surface area contributed by atoms with Gasteiger partial charge in [-0.3, -0.25) is 14.9 Å². The van der Waals surface area contributed by atoms with Crippen LogP contribution in [0, 0.1) is 10.1 Å². The summed E-state index contributed by atoms with van der Waals surface area (Å²) >= 11 is 0. The third kappa shape index (κ3) is 3.78. The van der Waals surface area contributed by atoms with E-state index in [0.717, 1.165) is 0 Å². The highest BCUT2D eigenvalue weighted by atomic mass is 16.7. The van der Waals surface area contributed by atoms with Gasteiger partial charge in [0.05, 0.1) is 29.9 Å². The Balaban J connectivity index is 1.45. The number of methoxy groups -OCH3 is 1. The zero-order valence-electron chi connectivity index (χ0n) is 15.7. The smallest absolute Gasteiger partial charge is 0.273 e. The number of amides is 1. The Kier molecular flexibility index (Phi) is 5.04. The minimum absolute atomic E-state index is 0.0878. The number of hydrogen-bond acceptors (Lipinski definition) is 8. The van der Waals surface area contributed by atoms with Crippen LogP contribution < -0.4 is 19.6 Å². The minimum atomic E-state index is -0.505. The SMILES string of the molecule is COc1cc([N+](=O)[O-])ccc1-c1ccc(C=NNC(=O)c2ccc3c(c2)OCO3)o1. The Labute approximate surface area is 169 Å². The van der Waals surface area contributed by atoms with Gasteiger partial charge in [0.2, 0.25) is 6.79 Å². The second-order valence-electron chi connectivity index (χ2n) is 6.11. The third-order valence-corrected chi connectivity index (χ3v) is 4.28. The van der Waals surface area contributed by atoms with Crippen molar-refractivity contribution in [3.63, 3.8) is 0 Å². The lowest BCUT2D eigenvalue weighted by Crippen LogP contribution is -2.17. The van der Waals surface area contributed by atoms with Crippen LogP contribution in [0.15, 0.2) is 58.0 Å². The molecule has 1 N–H and O–H groups in total. The number of carbonyl (C=O) groups excluding carboxylic acids is 1. The van der Waals surface area contributed by atoms with Gasteiger partial charge in [-0.05, 0) is 36.4 Å². The molecule has 0 radical (unpaired) electrons. The molecule has 152 valence electrons. The maximum atomic E-state index is 12.2. The number of nitro benzene ring substituents is 1. The van der Waals surface area contributed by atoms with Crippen molar-refractivity contribution in [3.05, 3.63) is 70.0 Å². The van der Waals surface area contributed by atoms with Gasteiger partial charge in [-0.2, -0.15) is 5.10 Å². The van der Waals surface area contributed by atoms with Gasteiger partial charge in [0, 0.05) is 11.6 Å². The molecule has 30 heavy (non-hydrogen) atoms. The highest BCUT2D eigenvalue weighted by Gasteiger charge is 2.17. The summed E-state index contributed by atoms with van der Waals surface area (Å²) in [5.41, 5.74) is 3.23. The minimum Gasteiger partial charge on any atom is -0.496 e. The monoisotopic (exact) mass is 409 g/mol. The lowest BCUT2D eigenvalue weighted by molar-refractivity contribution is -0.384. The predicted octanol–water partition coefficient (Wildman–Crippen LogP) is 3.36. The van der Waals surface area contributed by atoms with E-state index in [0.29, 0.717) is 39.9 Å². The topological polar surface area (TPSA) is 125 Å². The number of hydrogen-bond donors (Lipinski definition) is 1. The van der Waals surface area contributed by atoms with Crippen LogP contribution in [0.4, 0.5) is 5.69 Å². The second kappa shape index (κ2) is 7.95. The number of hydrazone groups is 1. The molecule has 1 aliphatic heterocycles. The molecule has 2 heterocycles. The lowest BCUT2D eigenvalue weighted by atomic mass is 10.1. The van der Waals surface area contributed by atoms with Gasteiger partial charge in [0.15, 0.2) is 11.5 Å². The number of furan rings is 1. The highest BCUT2D eigenvalue weighted by molar-refractivity contribution is 5.95. The molecule has 0 aliphatic carbocycles. The largest absolute Gasteiger partial charge is 0.496 e. The molecular weight excluding hydrogens is 394 g/mol. The maximum Gasteiger partial charge on any atom is 0.273 e. The molecule has 0 saturated heterocycles. The number of benzene rings is 2. The highest BCUT2D eigenvalue weighted by Crippen LogP contribution is 2.34. The Morgan fingerprint density at radius 3 is 2.80 bits per heavy atom. The molecule has 10 heteroatoms. The molecule has 10 nitrogen and oxygen atoms in total. The number of nitro groups is 1. The summed E-state index contributed by atoms with van der Waals surface area (Å²) in [5.74, 6) is 1.77. The van der Waals surface area contributed by atoms with Crippen LogP contribution in [-0.4, -0.2) is 30.9 Å². The molecule has 0 saturated carbocycles. The molecule has 1 aliphatic rings. The van der Waals surface area contributed by atoms with Crippen molar-refractivity contribution in [2.75, 3.05) is 13.9 Å². The molecule has 1 amide bonds. The van der Waals surface area contributed by atoms with Crippen LogP contribution in [0.5, 0.6) is 17.2 Å². The maximum absolute atomic E-state index is 12.2. The molecule has 0 atom stereocenters. The van der Waals surface area contributed by atoms with E-state index >= 15 is 0 Å². The van der Waals surface area contributed by atoms with Gasteiger partial charge >= 0.3 is 0 Å². The predicted molar refractivity (Wildman–Crippen MR) is 105 cm³/mol. The molecule has 0 fully saturated rings. The zero-order chi connectivity index (χ0) is 21.1. The normalized spacial score (nSPS) is 12.2. The second-order valence-corrected chi connectivity index (χ2v) is 6.11. The molecule has 0 unspecified atom stereocenters. The fourth-order valence-electron chi connectivity index (χ4n) is 2.82. The summed E-state index contributed by atoms with van der Waals surface area (Å²) in [6.45, 7) is 0.124. The average molecular weight is 409 g/mol. The molecule has 1 aromatic heterocycles. The Hall–Kier alpha value is -4.34. The van der Waals surface area contributed by atoms with Crippen LogP contribution in [0.3, 0.4) is 0 Å². The first-order valence-corrected chi connectivity index (χ1v) is 8.71. The van der Waals surface area contributed by atoms with Gasteiger partial charge < -0.3 is 18.6 Å². The van der Waals surface area contributed by atoms with E-state index in [1.165, 1.54) is 31.5 Å². The fraction of sp³-hybridized carbons (Fsp3) is 0.100. The van der Waals surface area contributed by atoms with Crippen molar-refractivity contribution in [2.45, 2.75) is 0 Å². The molecule has 2 aromatic carbocycles. The first kappa shape index (κ1) is 19.0. The number of ether oxygens (including phenoxy) is 3. The van der Waals surface area contributed by atoms with Crippen molar-refractivity contribution in [3.8, 4) is 28.6 Å². The van der Waals surface area contributed by atoms with Crippen molar-refractivity contribution in [1.82, 2.24) is 5.43 Å². The van der Waals surface area contributed by atoms with Gasteiger partial charge in [-0.25, -0.2) is 5.43 Å². The number of non-ortho nitro benzene ring substituents is 1. The standard InChI is InChI=1S/C20H15N3O7/c1-27-18-9-13(23(25)26)3-5-15(18)16-7-4-14(30-16)10-21-22-20(24)12-2-6-17-19(8-12)29-11-28-17/h2-10H,11H2,1H3,(H,22,24). The number of rotatable bonds is 6. The molecular formula is C20H15N3O7. The molecule has 0 spiro atoms. The quantitative estimate of drug-likeness (QED) is 0.376. The van der Waals surface area contributed by atoms with Crippen LogP contribution >= 0.6 is 0 Å². The number of nitrogens with zero attached hydrogens (tertiary/aromatic N) is 2. The number of carbonyl (C=O) groups is 1. The van der Waals surface area contributed by atoms with Crippen molar-refractivity contribution >= 4 is 17.8 Å². The van der Waals surface area contributed by atoms with Gasteiger partial charge in [0.1, 0.15) is 17.3 Å². The first-order valence-electron chi connectivity index (χ1n) is 8.71. The first-order chi connectivity index (χ1) is 14.5. The van der Waals surface area contributed by atoms with Crippen LogP contribution in [0.2, 0.25) is 0 Å². The fourth-order valence-corrected chi connectivity index (χ4v) is 2.82. The number of fused-ring (bicyclic) bond motifs is 1. The van der Waals surface area contributed by atoms with Gasteiger partial charge in [-0.15, -0.1) is 0 Å². The van der Waals surface area contributed by atoms with Crippen molar-refractivity contribution in [2.24, 2.45) is 5.10 Å². The Bertz CT molecular complexity index is 1150. The average Bonchev–Trinajstić information content (AvgIpc) is 3.42. The summed E-state index contributed by atoms with van der Waals surface area (Å²) in [5, 5.41) is 14.8. The summed E-state index contributed by atoms with van der Waals surface area (Å²) in [6.07, 6.45) is 1.34. The Morgan fingerprint density at radius 2 is 2.00 bits per heavy atom. The van der Waals surface area contributed by atoms with Crippen LogP contribution in [-0.2, 0) is 0 Å². The van der Waals surface area contributed by atoms with E-state index in [4.69, 9.17) is 18.6 Å². The van der Waals surface area contributed by atoms with E-state index in [9.17, 15) is 14.9 Å². The van der Waals surface area contributed by atoms with Gasteiger partial charge in [0.25, 0.3) is 11.6 Å². The summed E-state index contributed by atoms with van der Waals surface area (Å²) in [4.78, 5) is 22.6. The van der Waals surface area contributed by atoms with E-state index in [1.54, 1.807) is 30.3 Å². The third-order valence-electron chi connectivity index (χ3n) is 4.28. The summed E-state index contributed by atoms with van der Waals surface area (Å²) in [6, 6.07) is 12.4. The van der Waals surface area contributed by atoms with Crippen molar-refractivity contribution in [1.29, 1.82) is 0 Å². The van der Waals surface area contributed by atoms with Crippen LogP contribution in [0.25, 0.3) is 11.3 Å². The van der Waals surface area contributed by atoms with E-state index in [-0.39, 0.29) is 12.5 Å². The van der Waals surface area contributed by atoms with E-state index in [1.807, 2.05) is 0 Å². The summed E-state index contributed by atoms with van der Waals surface area (Å²) in [7, 11) is 1.42. The zero-order valence-corrected chi connectivity index (χ0v) is 15.7. The van der Waals surface area contributed by atoms with Crippen LogP contribution in [0.1, 0.15) is 16.1 Å². The Morgan fingerprint density at radius 1 is 1.17 bits per heavy atom. The van der Waals surface area contributed by atoms with Gasteiger partial charge in [-0.1, -0.05) is 0 Å².